The third kappa shape index (κ3) is 5.00. The first-order chi connectivity index (χ1) is 28.8. The summed E-state index contributed by atoms with van der Waals surface area (Å²) in [7, 11) is 0. The number of hydrogen-bond donors (Lipinski definition) is 0. The molecular formula is C53H33N5. The van der Waals surface area contributed by atoms with E-state index in [-0.39, 0.29) is 0 Å². The third-order valence-electron chi connectivity index (χ3n) is 11.5. The first-order valence-electron chi connectivity index (χ1n) is 19.6. The van der Waals surface area contributed by atoms with Gasteiger partial charge in [-0.2, -0.15) is 0 Å². The summed E-state index contributed by atoms with van der Waals surface area (Å²) in [6, 6.07) is 70.8. The summed E-state index contributed by atoms with van der Waals surface area (Å²) < 4.78 is 4.59. The highest BCUT2D eigenvalue weighted by molar-refractivity contribution is 6.22. The van der Waals surface area contributed by atoms with Gasteiger partial charge in [0.2, 0.25) is 5.95 Å². The third-order valence-corrected chi connectivity index (χ3v) is 11.5. The number of nitrogens with zero attached hydrogens (tertiary/aromatic N) is 5. The summed E-state index contributed by atoms with van der Waals surface area (Å²) in [5, 5.41) is 5.72. The van der Waals surface area contributed by atoms with Gasteiger partial charge in [-0.15, -0.1) is 0 Å². The highest BCUT2D eigenvalue weighted by Gasteiger charge is 2.22. The van der Waals surface area contributed by atoms with Crippen LogP contribution in [0.5, 0.6) is 0 Å². The molecule has 0 saturated carbocycles. The SMILES string of the molecule is c1ccc(-c2cc(-c3ccc(-c4cc5c6ccccc6n(-c6nc7ccccc7c7nc8ccccc8n67)c5c5ccccc45)cc3)cc(-c3ccccc3)n2)cc1. The van der Waals surface area contributed by atoms with Crippen molar-refractivity contribution in [3.05, 3.63) is 200 Å². The predicted octanol–water partition coefficient (Wildman–Crippen LogP) is 13.3. The van der Waals surface area contributed by atoms with Crippen molar-refractivity contribution in [2.24, 2.45) is 0 Å². The Labute approximate surface area is 333 Å². The number of para-hydroxylation sites is 4. The van der Waals surface area contributed by atoms with Gasteiger partial charge in [0.1, 0.15) is 5.65 Å². The zero-order chi connectivity index (χ0) is 38.2. The van der Waals surface area contributed by atoms with E-state index in [1.165, 1.54) is 21.7 Å². The number of imidazole rings is 1. The Balaban J connectivity index is 1.07. The van der Waals surface area contributed by atoms with E-state index in [1.54, 1.807) is 0 Å². The fourth-order valence-corrected chi connectivity index (χ4v) is 8.80. The molecule has 4 aromatic heterocycles. The Hall–Kier alpha value is -7.89. The molecule has 0 N–H and O–H groups in total. The molecule has 5 nitrogen and oxygen atoms in total. The molecule has 58 heavy (non-hydrogen) atoms. The number of pyridine rings is 1. The second kappa shape index (κ2) is 12.8. The molecule has 0 atom stereocenters. The Bertz CT molecular complexity index is 3490. The molecule has 0 saturated heterocycles. The molecule has 0 aliphatic rings. The van der Waals surface area contributed by atoms with E-state index in [0.717, 1.165) is 89.2 Å². The van der Waals surface area contributed by atoms with Crippen molar-refractivity contribution < 1.29 is 0 Å². The van der Waals surface area contributed by atoms with Gasteiger partial charge in [-0.3, -0.25) is 8.97 Å². The summed E-state index contributed by atoms with van der Waals surface area (Å²) in [6.45, 7) is 0. The monoisotopic (exact) mass is 739 g/mol. The van der Waals surface area contributed by atoms with Gasteiger partial charge in [-0.1, -0.05) is 152 Å². The zero-order valence-corrected chi connectivity index (χ0v) is 31.3. The molecule has 12 rings (SSSR count). The van der Waals surface area contributed by atoms with E-state index in [0.29, 0.717) is 0 Å². The van der Waals surface area contributed by atoms with Crippen LogP contribution in [-0.2, 0) is 0 Å². The largest absolute Gasteiger partial charge is 0.278 e. The van der Waals surface area contributed by atoms with Gasteiger partial charge in [0, 0.05) is 32.7 Å². The summed E-state index contributed by atoms with van der Waals surface area (Å²) in [5.74, 6) is 0.818. The van der Waals surface area contributed by atoms with Crippen LogP contribution in [0.2, 0.25) is 0 Å². The average Bonchev–Trinajstić information content (AvgIpc) is 3.86. The van der Waals surface area contributed by atoms with Crippen LogP contribution in [0.3, 0.4) is 0 Å². The molecule has 5 heteroatoms. The molecular weight excluding hydrogens is 707 g/mol. The lowest BCUT2D eigenvalue weighted by Crippen LogP contribution is -2.06. The smallest absolute Gasteiger partial charge is 0.221 e. The molecule has 0 aliphatic carbocycles. The van der Waals surface area contributed by atoms with Crippen molar-refractivity contribution in [3.63, 3.8) is 0 Å². The highest BCUT2D eigenvalue weighted by atomic mass is 15.2. The molecule has 0 aliphatic heterocycles. The molecule has 270 valence electrons. The zero-order valence-electron chi connectivity index (χ0n) is 31.3. The van der Waals surface area contributed by atoms with Gasteiger partial charge >= 0.3 is 0 Å². The van der Waals surface area contributed by atoms with Crippen LogP contribution in [0.1, 0.15) is 0 Å². The van der Waals surface area contributed by atoms with Gasteiger partial charge < -0.3 is 0 Å². The van der Waals surface area contributed by atoms with Crippen LogP contribution >= 0.6 is 0 Å². The van der Waals surface area contributed by atoms with E-state index in [1.807, 2.05) is 18.2 Å². The normalized spacial score (nSPS) is 11.8. The van der Waals surface area contributed by atoms with E-state index in [9.17, 15) is 0 Å². The Morgan fingerprint density at radius 2 is 0.879 bits per heavy atom. The summed E-state index contributed by atoms with van der Waals surface area (Å²) in [6.07, 6.45) is 0. The second-order valence-electron chi connectivity index (χ2n) is 14.8. The highest BCUT2D eigenvalue weighted by Crippen LogP contribution is 2.42. The fraction of sp³-hybridized carbons (Fsp3) is 0. The van der Waals surface area contributed by atoms with E-state index in [4.69, 9.17) is 15.0 Å². The molecule has 0 fully saturated rings. The lowest BCUT2D eigenvalue weighted by Gasteiger charge is -2.15. The predicted molar refractivity (Wildman–Crippen MR) is 239 cm³/mol. The lowest BCUT2D eigenvalue weighted by atomic mass is 9.93. The molecule has 12 aromatic rings. The van der Waals surface area contributed by atoms with Crippen LogP contribution in [0.15, 0.2) is 200 Å². The molecule has 8 aromatic carbocycles. The van der Waals surface area contributed by atoms with Crippen molar-refractivity contribution in [3.8, 4) is 50.7 Å². The topological polar surface area (TPSA) is 48.0 Å². The maximum absolute atomic E-state index is 5.43. The molecule has 0 amide bonds. The number of fused-ring (bicyclic) bond motifs is 10. The van der Waals surface area contributed by atoms with E-state index < -0.39 is 0 Å². The summed E-state index contributed by atoms with van der Waals surface area (Å²) >= 11 is 0. The molecule has 4 heterocycles. The summed E-state index contributed by atoms with van der Waals surface area (Å²) in [5.41, 5.74) is 14.7. The van der Waals surface area contributed by atoms with Crippen molar-refractivity contribution in [1.29, 1.82) is 0 Å². The number of benzene rings is 8. The quantitative estimate of drug-likeness (QED) is 0.177. The van der Waals surface area contributed by atoms with Crippen molar-refractivity contribution in [1.82, 2.24) is 23.9 Å². The lowest BCUT2D eigenvalue weighted by molar-refractivity contribution is 0.982. The summed E-state index contributed by atoms with van der Waals surface area (Å²) in [4.78, 5) is 15.7. The standard InChI is InChI=1S/C53H33N5/c1-3-15-36(16-4-1)47-31-38(32-48(54-47)37-17-5-2-6-18-37)34-27-29-35(30-28-34)43-33-44-40-20-10-13-25-49(40)57(51(44)41-21-8-7-19-39(41)43)53-56-45-23-11-9-22-42(45)52-55-46-24-12-14-26-50(46)58(52)53/h1-33H. The Morgan fingerprint density at radius 3 is 1.59 bits per heavy atom. The number of hydrogen-bond acceptors (Lipinski definition) is 3. The van der Waals surface area contributed by atoms with E-state index in [2.05, 4.69) is 191 Å². The van der Waals surface area contributed by atoms with Crippen molar-refractivity contribution in [2.75, 3.05) is 0 Å². The van der Waals surface area contributed by atoms with Crippen molar-refractivity contribution in [2.45, 2.75) is 0 Å². The minimum Gasteiger partial charge on any atom is -0.278 e. The molecule has 0 spiro atoms. The average molecular weight is 740 g/mol. The first-order valence-corrected chi connectivity index (χ1v) is 19.6. The maximum Gasteiger partial charge on any atom is 0.221 e. The number of rotatable bonds is 5. The Kier molecular flexibility index (Phi) is 7.16. The van der Waals surface area contributed by atoms with Gasteiger partial charge in [0.15, 0.2) is 0 Å². The van der Waals surface area contributed by atoms with E-state index >= 15 is 0 Å². The first kappa shape index (κ1) is 32.4. The van der Waals surface area contributed by atoms with Crippen molar-refractivity contribution >= 4 is 60.2 Å². The van der Waals surface area contributed by atoms with Crippen LogP contribution < -0.4 is 0 Å². The van der Waals surface area contributed by atoms with Gasteiger partial charge in [0.25, 0.3) is 0 Å². The van der Waals surface area contributed by atoms with Crippen LogP contribution in [0.25, 0.3) is 111 Å². The maximum atomic E-state index is 5.43. The van der Waals surface area contributed by atoms with Gasteiger partial charge in [-0.25, -0.2) is 15.0 Å². The molecule has 0 unspecified atom stereocenters. The molecule has 0 bridgehead atoms. The van der Waals surface area contributed by atoms with Gasteiger partial charge in [0.05, 0.1) is 39.0 Å². The van der Waals surface area contributed by atoms with Crippen LogP contribution in [0.4, 0.5) is 0 Å². The van der Waals surface area contributed by atoms with Crippen LogP contribution in [0, 0.1) is 0 Å². The minimum absolute atomic E-state index is 0.818. The number of aromatic nitrogens is 5. The molecule has 0 radical (unpaired) electrons. The van der Waals surface area contributed by atoms with Gasteiger partial charge in [-0.05, 0) is 76.2 Å². The fourth-order valence-electron chi connectivity index (χ4n) is 8.80. The van der Waals surface area contributed by atoms with Crippen LogP contribution in [-0.4, -0.2) is 23.9 Å². The Morgan fingerprint density at radius 1 is 0.328 bits per heavy atom. The second-order valence-corrected chi connectivity index (χ2v) is 14.8. The minimum atomic E-state index is 0.818.